The molecule has 0 unspecified atom stereocenters. The van der Waals surface area contributed by atoms with Gasteiger partial charge in [0.05, 0.1) is 6.04 Å². The van der Waals surface area contributed by atoms with Crippen LogP contribution in [0.4, 0.5) is 0 Å². The topological polar surface area (TPSA) is 69.2 Å². The summed E-state index contributed by atoms with van der Waals surface area (Å²) in [6.45, 7) is 4.68. The first-order chi connectivity index (χ1) is 9.63. The van der Waals surface area contributed by atoms with Gasteiger partial charge in [-0.2, -0.15) is 5.10 Å². The zero-order valence-corrected chi connectivity index (χ0v) is 11.6. The average Bonchev–Trinajstić information content (AvgIpc) is 2.93. The molecule has 1 amide bonds. The second kappa shape index (κ2) is 4.67. The third-order valence-electron chi connectivity index (χ3n) is 3.72. The number of phenolic OH excluding ortho intramolecular Hbond substituents is 1. The molecule has 0 saturated heterocycles. The van der Waals surface area contributed by atoms with Crippen molar-refractivity contribution in [3.05, 3.63) is 46.8 Å². The molecule has 3 rings (SSSR count). The first-order valence-electron chi connectivity index (χ1n) is 6.78. The lowest BCUT2D eigenvalue weighted by Crippen LogP contribution is -2.30. The molecule has 0 bridgehead atoms. The summed E-state index contributed by atoms with van der Waals surface area (Å²) in [5.74, 6) is 0.202. The van der Waals surface area contributed by atoms with Gasteiger partial charge in [-0.05, 0) is 31.0 Å². The van der Waals surface area contributed by atoms with Crippen molar-refractivity contribution >= 4 is 5.91 Å². The molecule has 0 aliphatic carbocycles. The molecular weight excluding hydrogens is 254 g/mol. The molecule has 0 spiro atoms. The van der Waals surface area contributed by atoms with Gasteiger partial charge in [0.15, 0.2) is 5.69 Å². The molecule has 0 saturated carbocycles. The highest BCUT2D eigenvalue weighted by Crippen LogP contribution is 2.39. The molecule has 5 nitrogen and oxygen atoms in total. The fourth-order valence-electron chi connectivity index (χ4n) is 2.82. The maximum Gasteiger partial charge on any atom is 0.275 e. The molecule has 2 heterocycles. The smallest absolute Gasteiger partial charge is 0.275 e. The Hall–Kier alpha value is -2.30. The summed E-state index contributed by atoms with van der Waals surface area (Å²) < 4.78 is 0. The fourth-order valence-corrected chi connectivity index (χ4v) is 2.82. The Kier molecular flexibility index (Phi) is 2.97. The second-order valence-corrected chi connectivity index (χ2v) is 5.10. The quantitative estimate of drug-likeness (QED) is 0.900. The van der Waals surface area contributed by atoms with Gasteiger partial charge in [-0.1, -0.05) is 19.1 Å². The zero-order valence-electron chi connectivity index (χ0n) is 11.6. The van der Waals surface area contributed by atoms with Crippen LogP contribution in [-0.2, 0) is 0 Å². The Balaban J connectivity index is 2.11. The Bertz CT molecular complexity index is 646. The third kappa shape index (κ3) is 1.78. The van der Waals surface area contributed by atoms with Crippen molar-refractivity contribution in [1.82, 2.24) is 15.1 Å². The summed E-state index contributed by atoms with van der Waals surface area (Å²) in [4.78, 5) is 14.3. The molecule has 0 radical (unpaired) electrons. The van der Waals surface area contributed by atoms with Crippen LogP contribution < -0.4 is 0 Å². The number of aromatic nitrogens is 2. The van der Waals surface area contributed by atoms with E-state index in [1.54, 1.807) is 12.1 Å². The highest BCUT2D eigenvalue weighted by molar-refractivity contribution is 5.98. The molecule has 1 aromatic heterocycles. The van der Waals surface area contributed by atoms with Crippen LogP contribution >= 0.6 is 0 Å². The largest absolute Gasteiger partial charge is 0.508 e. The summed E-state index contributed by atoms with van der Waals surface area (Å²) in [5.41, 5.74) is 3.39. The van der Waals surface area contributed by atoms with Crippen molar-refractivity contribution in [3.8, 4) is 5.75 Å². The number of nitrogens with one attached hydrogen (secondary N) is 1. The standard InChI is InChI=1S/C15H17N3O2/c1-3-8-18-14(10-4-6-11(19)7-5-10)12-9(2)16-17-13(12)15(18)20/h4-7,14,19H,3,8H2,1-2H3,(H,16,17)/t14-/m0/s1. The average molecular weight is 271 g/mol. The minimum absolute atomic E-state index is 0.0238. The molecule has 1 aromatic carbocycles. The summed E-state index contributed by atoms with van der Waals surface area (Å²) in [6.07, 6.45) is 0.896. The van der Waals surface area contributed by atoms with Crippen LogP contribution in [-0.4, -0.2) is 32.7 Å². The maximum absolute atomic E-state index is 12.4. The lowest BCUT2D eigenvalue weighted by atomic mass is 9.99. The van der Waals surface area contributed by atoms with Gasteiger partial charge < -0.3 is 10.0 Å². The number of H-pyrrole nitrogens is 1. The van der Waals surface area contributed by atoms with E-state index in [0.717, 1.165) is 23.2 Å². The molecule has 1 aliphatic heterocycles. The molecule has 1 aliphatic rings. The van der Waals surface area contributed by atoms with Crippen LogP contribution in [0, 0.1) is 6.92 Å². The summed E-state index contributed by atoms with van der Waals surface area (Å²) in [6, 6.07) is 6.90. The summed E-state index contributed by atoms with van der Waals surface area (Å²) >= 11 is 0. The van der Waals surface area contributed by atoms with Crippen molar-refractivity contribution in [2.75, 3.05) is 6.54 Å². The molecule has 1 atom stereocenters. The van der Waals surface area contributed by atoms with Crippen LogP contribution in [0.25, 0.3) is 0 Å². The number of aryl methyl sites for hydroxylation is 1. The summed E-state index contributed by atoms with van der Waals surface area (Å²) in [5, 5.41) is 16.5. The van der Waals surface area contributed by atoms with Gasteiger partial charge in [-0.15, -0.1) is 0 Å². The van der Waals surface area contributed by atoms with Gasteiger partial charge in [-0.25, -0.2) is 0 Å². The van der Waals surface area contributed by atoms with E-state index in [4.69, 9.17) is 0 Å². The molecule has 5 heteroatoms. The monoisotopic (exact) mass is 271 g/mol. The van der Waals surface area contributed by atoms with Crippen molar-refractivity contribution < 1.29 is 9.90 Å². The van der Waals surface area contributed by atoms with Gasteiger partial charge in [0.1, 0.15) is 5.75 Å². The molecule has 104 valence electrons. The Morgan fingerprint density at radius 1 is 1.35 bits per heavy atom. The number of aromatic amines is 1. The van der Waals surface area contributed by atoms with E-state index in [-0.39, 0.29) is 17.7 Å². The van der Waals surface area contributed by atoms with Crippen LogP contribution in [0.2, 0.25) is 0 Å². The van der Waals surface area contributed by atoms with Gasteiger partial charge in [0.2, 0.25) is 0 Å². The second-order valence-electron chi connectivity index (χ2n) is 5.10. The van der Waals surface area contributed by atoms with E-state index in [1.165, 1.54) is 0 Å². The van der Waals surface area contributed by atoms with Gasteiger partial charge in [0.25, 0.3) is 5.91 Å². The number of carbonyl (C=O) groups excluding carboxylic acids is 1. The van der Waals surface area contributed by atoms with E-state index in [2.05, 4.69) is 17.1 Å². The van der Waals surface area contributed by atoms with Crippen molar-refractivity contribution in [3.63, 3.8) is 0 Å². The molecule has 20 heavy (non-hydrogen) atoms. The third-order valence-corrected chi connectivity index (χ3v) is 3.72. The molecule has 2 N–H and O–H groups in total. The van der Waals surface area contributed by atoms with Gasteiger partial charge in [-0.3, -0.25) is 9.89 Å². The number of hydrogen-bond acceptors (Lipinski definition) is 3. The van der Waals surface area contributed by atoms with E-state index < -0.39 is 0 Å². The predicted octanol–water partition coefficient (Wildman–Crippen LogP) is 2.38. The highest BCUT2D eigenvalue weighted by Gasteiger charge is 2.40. The first-order valence-corrected chi connectivity index (χ1v) is 6.78. The highest BCUT2D eigenvalue weighted by atomic mass is 16.3. The minimum atomic E-state index is -0.114. The van der Waals surface area contributed by atoms with Crippen LogP contribution in [0.15, 0.2) is 24.3 Å². The first kappa shape index (κ1) is 12.7. The SMILES string of the molecule is CCCN1C(=O)c2n[nH]c(C)c2[C@@H]1c1ccc(O)cc1. The lowest BCUT2D eigenvalue weighted by molar-refractivity contribution is 0.0743. The number of fused-ring (bicyclic) bond motifs is 1. The number of benzene rings is 1. The Morgan fingerprint density at radius 3 is 2.70 bits per heavy atom. The summed E-state index contributed by atoms with van der Waals surface area (Å²) in [7, 11) is 0. The van der Waals surface area contributed by atoms with Gasteiger partial charge in [0, 0.05) is 17.8 Å². The van der Waals surface area contributed by atoms with E-state index in [0.29, 0.717) is 12.2 Å². The number of phenols is 1. The Labute approximate surface area is 117 Å². The van der Waals surface area contributed by atoms with Crippen molar-refractivity contribution in [1.29, 1.82) is 0 Å². The normalized spacial score (nSPS) is 17.6. The van der Waals surface area contributed by atoms with Crippen molar-refractivity contribution in [2.45, 2.75) is 26.3 Å². The van der Waals surface area contributed by atoms with E-state index >= 15 is 0 Å². The number of aromatic hydroxyl groups is 1. The van der Waals surface area contributed by atoms with Crippen LogP contribution in [0.1, 0.15) is 46.7 Å². The number of amides is 1. The number of carbonyl (C=O) groups is 1. The van der Waals surface area contributed by atoms with Gasteiger partial charge >= 0.3 is 0 Å². The molecule has 2 aromatic rings. The lowest BCUT2D eigenvalue weighted by Gasteiger charge is -2.25. The van der Waals surface area contributed by atoms with Crippen LogP contribution in [0.3, 0.4) is 0 Å². The van der Waals surface area contributed by atoms with E-state index in [9.17, 15) is 9.90 Å². The maximum atomic E-state index is 12.4. The Morgan fingerprint density at radius 2 is 2.05 bits per heavy atom. The molecular formula is C15H17N3O2. The van der Waals surface area contributed by atoms with Crippen molar-refractivity contribution in [2.24, 2.45) is 0 Å². The zero-order chi connectivity index (χ0) is 14.3. The fraction of sp³-hybridized carbons (Fsp3) is 0.333. The van der Waals surface area contributed by atoms with Crippen LogP contribution in [0.5, 0.6) is 5.75 Å². The molecule has 0 fully saturated rings. The number of hydrogen-bond donors (Lipinski definition) is 2. The predicted molar refractivity (Wildman–Crippen MR) is 74.6 cm³/mol. The number of nitrogens with zero attached hydrogens (tertiary/aromatic N) is 2. The minimum Gasteiger partial charge on any atom is -0.508 e. The number of rotatable bonds is 3. The van der Waals surface area contributed by atoms with E-state index in [1.807, 2.05) is 24.0 Å².